The molecule has 0 bridgehead atoms. The first kappa shape index (κ1) is 16.6. The van der Waals surface area contributed by atoms with Crippen molar-refractivity contribution in [1.82, 2.24) is 0 Å². The van der Waals surface area contributed by atoms with Crippen molar-refractivity contribution in [3.63, 3.8) is 0 Å². The van der Waals surface area contributed by atoms with Crippen LogP contribution < -0.4 is 0 Å². The largest absolute Gasteiger partial charge is 0.393 e. The molecule has 0 rings (SSSR count). The molecule has 0 aromatic carbocycles. The van der Waals surface area contributed by atoms with Gasteiger partial charge in [0.05, 0.1) is 13.2 Å². The lowest BCUT2D eigenvalue weighted by atomic mass is 10.1. The Balaban J connectivity index is 2.96. The predicted molar refractivity (Wildman–Crippen MR) is 69.9 cm³/mol. The average Bonchev–Trinajstić information content (AvgIpc) is 2.35. The van der Waals surface area contributed by atoms with Gasteiger partial charge in [-0.1, -0.05) is 44.6 Å². The van der Waals surface area contributed by atoms with Crippen LogP contribution >= 0.6 is 0 Å². The first-order valence-electron chi connectivity index (χ1n) is 6.74. The van der Waals surface area contributed by atoms with Crippen LogP contribution in [0.2, 0.25) is 0 Å². The third kappa shape index (κ3) is 13.5. The molecule has 3 heteroatoms. The van der Waals surface area contributed by atoms with Crippen molar-refractivity contribution in [1.29, 1.82) is 0 Å². The summed E-state index contributed by atoms with van der Waals surface area (Å²) < 4.78 is 17.9. The minimum atomic E-state index is -1.02. The fraction of sp³-hybridized carbons (Fsp3) is 0.857. The quantitative estimate of drug-likeness (QED) is 0.397. The lowest BCUT2D eigenvalue weighted by Gasteiger charge is -2.04. The van der Waals surface area contributed by atoms with E-state index >= 15 is 0 Å². The first-order chi connectivity index (χ1) is 8.31. The minimum absolute atomic E-state index is 0.329. The van der Waals surface area contributed by atoms with Gasteiger partial charge in [-0.15, -0.1) is 6.58 Å². The van der Waals surface area contributed by atoms with E-state index in [1.165, 1.54) is 25.7 Å². The molecule has 0 aromatic rings. The van der Waals surface area contributed by atoms with Crippen molar-refractivity contribution in [3.8, 4) is 0 Å². The van der Waals surface area contributed by atoms with Crippen LogP contribution in [0.1, 0.15) is 51.4 Å². The van der Waals surface area contributed by atoms with Crippen molar-refractivity contribution in [2.24, 2.45) is 0 Å². The number of aliphatic hydroxyl groups excluding tert-OH is 1. The van der Waals surface area contributed by atoms with Gasteiger partial charge in [-0.2, -0.15) is 0 Å². The molecule has 1 N–H and O–H groups in total. The highest BCUT2D eigenvalue weighted by Gasteiger charge is 2.02. The smallest absolute Gasteiger partial charge is 0.123 e. The van der Waals surface area contributed by atoms with Crippen LogP contribution in [0.4, 0.5) is 4.39 Å². The van der Waals surface area contributed by atoms with Crippen molar-refractivity contribution in [2.45, 2.75) is 57.5 Å². The highest BCUT2D eigenvalue weighted by Crippen LogP contribution is 2.10. The summed E-state index contributed by atoms with van der Waals surface area (Å²) in [6, 6.07) is 0. The van der Waals surface area contributed by atoms with Gasteiger partial charge in [-0.05, 0) is 12.8 Å². The molecule has 0 fully saturated rings. The summed E-state index contributed by atoms with van der Waals surface area (Å²) >= 11 is 0. The van der Waals surface area contributed by atoms with Gasteiger partial charge in [-0.25, -0.2) is 4.39 Å². The Morgan fingerprint density at radius 2 is 1.65 bits per heavy atom. The molecule has 1 unspecified atom stereocenters. The molecule has 0 saturated heterocycles. The predicted octanol–water partition coefficient (Wildman–Crippen LogP) is 3.64. The van der Waals surface area contributed by atoms with Crippen molar-refractivity contribution in [3.05, 3.63) is 12.7 Å². The zero-order valence-corrected chi connectivity index (χ0v) is 10.9. The van der Waals surface area contributed by atoms with Gasteiger partial charge in [0.2, 0.25) is 0 Å². The molecule has 0 spiro atoms. The maximum Gasteiger partial charge on any atom is 0.123 e. The van der Waals surface area contributed by atoms with Crippen LogP contribution in [0, 0.1) is 0 Å². The van der Waals surface area contributed by atoms with Crippen LogP contribution in [0.25, 0.3) is 0 Å². The minimum Gasteiger partial charge on any atom is -0.393 e. The molecule has 0 aliphatic rings. The molecule has 0 radical (unpaired) electrons. The Labute approximate surface area is 105 Å². The van der Waals surface area contributed by atoms with Crippen molar-refractivity contribution in [2.75, 3.05) is 19.8 Å². The van der Waals surface area contributed by atoms with Gasteiger partial charge >= 0.3 is 0 Å². The third-order valence-corrected chi connectivity index (χ3v) is 2.74. The number of ether oxygens (including phenoxy) is 1. The molecule has 1 atom stereocenters. The van der Waals surface area contributed by atoms with Gasteiger partial charge in [-0.3, -0.25) is 0 Å². The average molecular weight is 246 g/mol. The Morgan fingerprint density at radius 1 is 1.06 bits per heavy atom. The fourth-order valence-corrected chi connectivity index (χ4v) is 1.71. The van der Waals surface area contributed by atoms with Crippen molar-refractivity contribution >= 4 is 0 Å². The summed E-state index contributed by atoms with van der Waals surface area (Å²) in [5, 5.41) is 8.50. The number of alkyl halides is 1. The van der Waals surface area contributed by atoms with Gasteiger partial charge in [0.25, 0.3) is 0 Å². The summed E-state index contributed by atoms with van der Waals surface area (Å²) in [6.07, 6.45) is 9.18. The second-order valence-corrected chi connectivity index (χ2v) is 4.41. The fourth-order valence-electron chi connectivity index (χ4n) is 1.71. The van der Waals surface area contributed by atoms with E-state index in [0.717, 1.165) is 25.9 Å². The van der Waals surface area contributed by atoms with E-state index in [4.69, 9.17) is 9.84 Å². The molecule has 0 heterocycles. The Morgan fingerprint density at radius 3 is 2.24 bits per heavy atom. The van der Waals surface area contributed by atoms with E-state index in [1.54, 1.807) is 6.08 Å². The van der Waals surface area contributed by atoms with Gasteiger partial charge in [0, 0.05) is 6.61 Å². The normalized spacial score (nSPS) is 12.6. The Hall–Kier alpha value is -0.410. The molecule has 102 valence electrons. The SMILES string of the molecule is C=CCOCCCCCCCCCC(F)CO. The Bertz CT molecular complexity index is 162. The molecule has 0 aliphatic carbocycles. The highest BCUT2D eigenvalue weighted by atomic mass is 19.1. The lowest BCUT2D eigenvalue weighted by molar-refractivity contribution is 0.157. The van der Waals surface area contributed by atoms with E-state index in [0.29, 0.717) is 13.0 Å². The molecular weight excluding hydrogens is 219 g/mol. The van der Waals surface area contributed by atoms with Crippen LogP contribution in [0.5, 0.6) is 0 Å². The molecule has 0 aliphatic heterocycles. The van der Waals surface area contributed by atoms with Crippen LogP contribution in [0.15, 0.2) is 12.7 Å². The number of hydrogen-bond donors (Lipinski definition) is 1. The summed E-state index contributed by atoms with van der Waals surface area (Å²) in [5.74, 6) is 0. The van der Waals surface area contributed by atoms with Gasteiger partial charge in [0.1, 0.15) is 6.17 Å². The van der Waals surface area contributed by atoms with Crippen LogP contribution in [-0.4, -0.2) is 31.1 Å². The number of rotatable bonds is 13. The number of aliphatic hydroxyl groups is 1. The molecule has 0 saturated carbocycles. The summed E-state index contributed by atoms with van der Waals surface area (Å²) in [7, 11) is 0. The van der Waals surface area contributed by atoms with Gasteiger partial charge < -0.3 is 9.84 Å². The van der Waals surface area contributed by atoms with E-state index in [9.17, 15) is 4.39 Å². The molecule has 2 nitrogen and oxygen atoms in total. The molecular formula is C14H27FO2. The van der Waals surface area contributed by atoms with Crippen LogP contribution in [0.3, 0.4) is 0 Å². The molecule has 0 amide bonds. The molecule has 0 aromatic heterocycles. The zero-order chi connectivity index (χ0) is 12.8. The third-order valence-electron chi connectivity index (χ3n) is 2.74. The number of halogens is 1. The number of hydrogen-bond acceptors (Lipinski definition) is 2. The second kappa shape index (κ2) is 13.7. The topological polar surface area (TPSA) is 29.5 Å². The van der Waals surface area contributed by atoms with Gasteiger partial charge in [0.15, 0.2) is 0 Å². The van der Waals surface area contributed by atoms with E-state index in [-0.39, 0.29) is 6.61 Å². The summed E-state index contributed by atoms with van der Waals surface area (Å²) in [4.78, 5) is 0. The maximum atomic E-state index is 12.6. The monoisotopic (exact) mass is 246 g/mol. The summed E-state index contributed by atoms with van der Waals surface area (Å²) in [6.45, 7) is 4.73. The van der Waals surface area contributed by atoms with Crippen LogP contribution in [-0.2, 0) is 4.74 Å². The Kier molecular flexibility index (Phi) is 13.3. The van der Waals surface area contributed by atoms with Crippen molar-refractivity contribution < 1.29 is 14.2 Å². The lowest BCUT2D eigenvalue weighted by Crippen LogP contribution is -2.04. The second-order valence-electron chi connectivity index (χ2n) is 4.41. The van der Waals surface area contributed by atoms with E-state index in [2.05, 4.69) is 6.58 Å². The standard InChI is InChI=1S/C14H27FO2/c1-2-11-17-12-9-7-5-3-4-6-8-10-14(15)13-16/h2,14,16H,1,3-13H2. The zero-order valence-electron chi connectivity index (χ0n) is 10.9. The van der Waals surface area contributed by atoms with E-state index in [1.807, 2.05) is 0 Å². The maximum absolute atomic E-state index is 12.6. The number of unbranched alkanes of at least 4 members (excludes halogenated alkanes) is 6. The first-order valence-corrected chi connectivity index (χ1v) is 6.74. The summed E-state index contributed by atoms with van der Waals surface area (Å²) in [5.41, 5.74) is 0. The highest BCUT2D eigenvalue weighted by molar-refractivity contribution is 4.63. The van der Waals surface area contributed by atoms with E-state index < -0.39 is 6.17 Å². The molecule has 17 heavy (non-hydrogen) atoms.